The van der Waals surface area contributed by atoms with E-state index >= 15 is 0 Å². The number of aromatic nitrogens is 1. The van der Waals surface area contributed by atoms with Gasteiger partial charge >= 0.3 is 5.97 Å². The lowest BCUT2D eigenvalue weighted by Gasteiger charge is -2.36. The second kappa shape index (κ2) is 5.52. The number of piperidine rings is 1. The molecular weight excluding hydrogens is 270 g/mol. The molecule has 0 bridgehead atoms. The Bertz CT molecular complexity index is 550. The number of carbonyl (C=O) groups excluding carboxylic acids is 1. The predicted molar refractivity (Wildman–Crippen MR) is 65.0 cm³/mol. The maximum Gasteiger partial charge on any atom is 0.326 e. The van der Waals surface area contributed by atoms with Gasteiger partial charge in [0, 0.05) is 12.7 Å². The van der Waals surface area contributed by atoms with Crippen LogP contribution in [0.5, 0.6) is 0 Å². The van der Waals surface area contributed by atoms with Crippen LogP contribution < -0.4 is 0 Å². The number of carbonyl (C=O) groups is 2. The van der Waals surface area contributed by atoms with Gasteiger partial charge in [0.05, 0.1) is 5.56 Å². The largest absolute Gasteiger partial charge is 0.480 e. The molecule has 0 saturated carbocycles. The zero-order valence-electron chi connectivity index (χ0n) is 10.8. The smallest absolute Gasteiger partial charge is 0.326 e. The number of pyridine rings is 1. The minimum Gasteiger partial charge on any atom is -0.480 e. The summed E-state index contributed by atoms with van der Waals surface area (Å²) in [5.41, 5.74) is -0.488. The summed E-state index contributed by atoms with van der Waals surface area (Å²) in [7, 11) is 0. The number of rotatable bonds is 2. The third-order valence-corrected chi connectivity index (χ3v) is 3.49. The molecule has 2 unspecified atom stereocenters. The fraction of sp³-hybridized carbons (Fsp3) is 0.462. The first-order chi connectivity index (χ1) is 9.41. The number of hydrogen-bond donors (Lipinski definition) is 1. The number of nitrogens with zero attached hydrogens (tertiary/aromatic N) is 2. The fourth-order valence-corrected chi connectivity index (χ4v) is 2.36. The number of carboxylic acid groups (broad SMARTS) is 1. The molecule has 1 N–H and O–H groups in total. The van der Waals surface area contributed by atoms with Crippen molar-refractivity contribution < 1.29 is 23.5 Å². The van der Waals surface area contributed by atoms with E-state index < -0.39 is 35.2 Å². The lowest BCUT2D eigenvalue weighted by molar-refractivity contribution is -0.144. The molecule has 1 amide bonds. The highest BCUT2D eigenvalue weighted by atomic mass is 19.2. The fourth-order valence-electron chi connectivity index (χ4n) is 2.36. The van der Waals surface area contributed by atoms with Crippen molar-refractivity contribution in [1.29, 1.82) is 0 Å². The third-order valence-electron chi connectivity index (χ3n) is 3.49. The summed E-state index contributed by atoms with van der Waals surface area (Å²) in [4.78, 5) is 27.6. The number of likely N-dealkylation sites (tertiary alicyclic amines) is 1. The van der Waals surface area contributed by atoms with Gasteiger partial charge in [0.25, 0.3) is 5.91 Å². The molecule has 0 aliphatic carbocycles. The van der Waals surface area contributed by atoms with E-state index in [1.165, 1.54) is 0 Å². The monoisotopic (exact) mass is 284 g/mol. The molecule has 1 saturated heterocycles. The molecule has 108 valence electrons. The SMILES string of the molecule is CC1CCN(C(=O)c2ccnc(F)c2F)C(C(=O)O)C1. The lowest BCUT2D eigenvalue weighted by atomic mass is 9.92. The van der Waals surface area contributed by atoms with E-state index in [-0.39, 0.29) is 12.5 Å². The van der Waals surface area contributed by atoms with E-state index in [1.54, 1.807) is 0 Å². The second-order valence-electron chi connectivity index (χ2n) is 4.95. The van der Waals surface area contributed by atoms with E-state index in [0.717, 1.165) is 17.2 Å². The molecule has 0 spiro atoms. The summed E-state index contributed by atoms with van der Waals surface area (Å²) in [6.07, 6.45) is 1.91. The molecule has 1 aliphatic heterocycles. The van der Waals surface area contributed by atoms with Crippen LogP contribution in [0, 0.1) is 17.7 Å². The van der Waals surface area contributed by atoms with Gasteiger partial charge in [-0.05, 0) is 24.8 Å². The summed E-state index contributed by atoms with van der Waals surface area (Å²) < 4.78 is 26.6. The van der Waals surface area contributed by atoms with Crippen LogP contribution in [0.3, 0.4) is 0 Å². The van der Waals surface area contributed by atoms with Crippen molar-refractivity contribution in [1.82, 2.24) is 9.88 Å². The Morgan fingerprint density at radius 1 is 1.45 bits per heavy atom. The summed E-state index contributed by atoms with van der Waals surface area (Å²) in [6, 6.07) is 0.0411. The average Bonchev–Trinajstić information content (AvgIpc) is 2.41. The third kappa shape index (κ3) is 2.61. The quantitative estimate of drug-likeness (QED) is 0.839. The van der Waals surface area contributed by atoms with Gasteiger partial charge in [0.15, 0.2) is 5.82 Å². The molecule has 1 aromatic heterocycles. The maximum absolute atomic E-state index is 13.6. The summed E-state index contributed by atoms with van der Waals surface area (Å²) in [5.74, 6) is -4.50. The van der Waals surface area contributed by atoms with Gasteiger partial charge in [-0.15, -0.1) is 0 Å². The number of carboxylic acids is 1. The van der Waals surface area contributed by atoms with E-state index in [0.29, 0.717) is 12.8 Å². The molecule has 7 heteroatoms. The standard InChI is InChI=1S/C13H14F2N2O3/c1-7-3-5-17(9(6-7)13(19)20)12(18)8-2-4-16-11(15)10(8)14/h2,4,7,9H,3,5-6H2,1H3,(H,19,20). The molecule has 5 nitrogen and oxygen atoms in total. The van der Waals surface area contributed by atoms with Crippen LogP contribution in [-0.4, -0.2) is 39.5 Å². The predicted octanol–water partition coefficient (Wildman–Crippen LogP) is 1.69. The van der Waals surface area contributed by atoms with Crippen LogP contribution in [0.2, 0.25) is 0 Å². The van der Waals surface area contributed by atoms with Crippen molar-refractivity contribution in [2.45, 2.75) is 25.8 Å². The summed E-state index contributed by atoms with van der Waals surface area (Å²) in [5, 5.41) is 9.17. The van der Waals surface area contributed by atoms with Gasteiger partial charge in [0.2, 0.25) is 5.95 Å². The van der Waals surface area contributed by atoms with Crippen molar-refractivity contribution in [3.05, 3.63) is 29.6 Å². The van der Waals surface area contributed by atoms with Crippen LogP contribution in [0.15, 0.2) is 12.3 Å². The first-order valence-corrected chi connectivity index (χ1v) is 6.25. The molecule has 20 heavy (non-hydrogen) atoms. The topological polar surface area (TPSA) is 70.5 Å². The molecule has 2 heterocycles. The van der Waals surface area contributed by atoms with Crippen LogP contribution in [0.4, 0.5) is 8.78 Å². The maximum atomic E-state index is 13.6. The van der Waals surface area contributed by atoms with Gasteiger partial charge in [-0.25, -0.2) is 14.2 Å². The molecule has 1 aliphatic rings. The van der Waals surface area contributed by atoms with Crippen LogP contribution in [-0.2, 0) is 4.79 Å². The van der Waals surface area contributed by atoms with E-state index in [1.807, 2.05) is 6.92 Å². The van der Waals surface area contributed by atoms with Crippen molar-refractivity contribution in [2.24, 2.45) is 5.92 Å². The van der Waals surface area contributed by atoms with Crippen molar-refractivity contribution in [3.63, 3.8) is 0 Å². The van der Waals surface area contributed by atoms with Gasteiger partial charge in [-0.2, -0.15) is 4.39 Å². The molecule has 0 radical (unpaired) electrons. The molecule has 1 aromatic rings. The van der Waals surface area contributed by atoms with Crippen molar-refractivity contribution in [2.75, 3.05) is 6.54 Å². The van der Waals surface area contributed by atoms with Crippen LogP contribution in [0.25, 0.3) is 0 Å². The second-order valence-corrected chi connectivity index (χ2v) is 4.95. The Hall–Kier alpha value is -2.05. The highest BCUT2D eigenvalue weighted by molar-refractivity contribution is 5.96. The van der Waals surface area contributed by atoms with E-state index in [9.17, 15) is 23.5 Å². The first kappa shape index (κ1) is 14.4. The molecular formula is C13H14F2N2O3. The van der Waals surface area contributed by atoms with Crippen molar-refractivity contribution >= 4 is 11.9 Å². The highest BCUT2D eigenvalue weighted by Crippen LogP contribution is 2.25. The Morgan fingerprint density at radius 3 is 2.80 bits per heavy atom. The Balaban J connectivity index is 2.31. The van der Waals surface area contributed by atoms with E-state index in [4.69, 9.17) is 0 Å². The highest BCUT2D eigenvalue weighted by Gasteiger charge is 2.36. The normalized spacial score (nSPS) is 22.6. The minimum absolute atomic E-state index is 0.166. The summed E-state index contributed by atoms with van der Waals surface area (Å²) >= 11 is 0. The zero-order chi connectivity index (χ0) is 14.9. The number of halogens is 2. The molecule has 0 aromatic carbocycles. The van der Waals surface area contributed by atoms with Gasteiger partial charge in [-0.3, -0.25) is 4.79 Å². The first-order valence-electron chi connectivity index (χ1n) is 6.25. The molecule has 2 atom stereocenters. The number of amides is 1. The summed E-state index contributed by atoms with van der Waals surface area (Å²) in [6.45, 7) is 2.10. The Labute approximate surface area is 114 Å². The number of aliphatic carboxylic acids is 1. The van der Waals surface area contributed by atoms with Gasteiger partial charge in [0.1, 0.15) is 6.04 Å². The van der Waals surface area contributed by atoms with Gasteiger partial charge < -0.3 is 10.0 Å². The van der Waals surface area contributed by atoms with Crippen LogP contribution in [0.1, 0.15) is 30.1 Å². The van der Waals surface area contributed by atoms with E-state index in [2.05, 4.69) is 4.98 Å². The minimum atomic E-state index is -1.37. The molecule has 1 fully saturated rings. The average molecular weight is 284 g/mol. The van der Waals surface area contributed by atoms with Gasteiger partial charge in [-0.1, -0.05) is 6.92 Å². The zero-order valence-corrected chi connectivity index (χ0v) is 10.8. The Morgan fingerprint density at radius 2 is 2.15 bits per heavy atom. The Kier molecular flexibility index (Phi) is 3.96. The van der Waals surface area contributed by atoms with Crippen LogP contribution >= 0.6 is 0 Å². The van der Waals surface area contributed by atoms with Crippen molar-refractivity contribution in [3.8, 4) is 0 Å². The number of hydrogen-bond acceptors (Lipinski definition) is 3. The molecule has 2 rings (SSSR count). The lowest BCUT2D eigenvalue weighted by Crippen LogP contribution is -2.50.